The zero-order chi connectivity index (χ0) is 16.2. The van der Waals surface area contributed by atoms with E-state index in [9.17, 15) is 0 Å². The van der Waals surface area contributed by atoms with Crippen LogP contribution in [-0.2, 0) is 12.8 Å². The molecule has 0 aliphatic heterocycles. The van der Waals surface area contributed by atoms with Crippen LogP contribution in [0.2, 0.25) is 0 Å². The van der Waals surface area contributed by atoms with E-state index in [1.807, 2.05) is 0 Å². The molecule has 0 heterocycles. The molecule has 1 aromatic rings. The monoisotopic (exact) mass is 368 g/mol. The molecule has 3 aliphatic carbocycles. The second kappa shape index (κ2) is 5.48. The van der Waals surface area contributed by atoms with E-state index >= 15 is 0 Å². The van der Waals surface area contributed by atoms with Gasteiger partial charge in [0.2, 0.25) is 0 Å². The van der Waals surface area contributed by atoms with Gasteiger partial charge in [-0.1, -0.05) is 55.4 Å². The molecule has 3 aliphatic rings. The minimum Gasteiger partial charge on any atom is -0.0804 e. The Morgan fingerprint density at radius 2 is 1.96 bits per heavy atom. The van der Waals surface area contributed by atoms with Gasteiger partial charge < -0.3 is 0 Å². The van der Waals surface area contributed by atoms with E-state index in [1.54, 1.807) is 22.3 Å². The third-order valence-electron chi connectivity index (χ3n) is 6.11. The third-order valence-corrected chi connectivity index (χ3v) is 7.02. The summed E-state index contributed by atoms with van der Waals surface area (Å²) in [7, 11) is 0. The molecule has 0 amide bonds. The van der Waals surface area contributed by atoms with E-state index in [1.165, 1.54) is 41.3 Å². The van der Waals surface area contributed by atoms with Crippen LogP contribution in [0, 0.1) is 5.41 Å². The van der Waals surface area contributed by atoms with E-state index in [2.05, 4.69) is 67.1 Å². The maximum absolute atomic E-state index is 3.95. The lowest BCUT2D eigenvalue weighted by Gasteiger charge is -2.36. The van der Waals surface area contributed by atoms with Crippen molar-refractivity contribution >= 4 is 22.0 Å². The van der Waals surface area contributed by atoms with E-state index in [0.29, 0.717) is 5.92 Å². The van der Waals surface area contributed by atoms with Crippen LogP contribution in [0.4, 0.5) is 0 Å². The summed E-state index contributed by atoms with van der Waals surface area (Å²) in [5.41, 5.74) is 9.42. The first-order chi connectivity index (χ1) is 11.0. The summed E-state index contributed by atoms with van der Waals surface area (Å²) in [5.74, 6) is 0.507. The summed E-state index contributed by atoms with van der Waals surface area (Å²) in [4.78, 5) is 0. The lowest BCUT2D eigenvalue weighted by molar-refractivity contribution is 0.382. The average Bonchev–Trinajstić information content (AvgIpc) is 3.15. The smallest absolute Gasteiger partial charge is 0.0285 e. The van der Waals surface area contributed by atoms with Crippen molar-refractivity contribution in [2.24, 2.45) is 5.41 Å². The Hall–Kier alpha value is -1.08. The highest BCUT2D eigenvalue weighted by molar-refractivity contribution is 9.10. The van der Waals surface area contributed by atoms with E-state index in [0.717, 1.165) is 6.42 Å². The number of rotatable bonds is 2. The molecule has 4 rings (SSSR count). The molecule has 0 radical (unpaired) electrons. The Balaban J connectivity index is 1.84. The molecule has 1 heteroatoms. The Morgan fingerprint density at radius 3 is 2.70 bits per heavy atom. The van der Waals surface area contributed by atoms with Crippen LogP contribution < -0.4 is 0 Å². The number of benzene rings is 1. The minimum absolute atomic E-state index is 0.178. The van der Waals surface area contributed by atoms with Crippen LogP contribution >= 0.6 is 15.9 Å². The fraction of sp³-hybridized carbons (Fsp3) is 0.455. The lowest BCUT2D eigenvalue weighted by Crippen LogP contribution is -2.24. The van der Waals surface area contributed by atoms with E-state index < -0.39 is 0 Å². The van der Waals surface area contributed by atoms with Gasteiger partial charge in [-0.25, -0.2) is 0 Å². The summed E-state index contributed by atoms with van der Waals surface area (Å²) in [6.07, 6.45) is 15.5. The van der Waals surface area contributed by atoms with Crippen molar-refractivity contribution in [3.63, 3.8) is 0 Å². The van der Waals surface area contributed by atoms with Crippen molar-refractivity contribution < 1.29 is 0 Å². The van der Waals surface area contributed by atoms with Crippen LogP contribution in [0.1, 0.15) is 68.2 Å². The summed E-state index contributed by atoms with van der Waals surface area (Å²) in [5, 5.41) is 0. The topological polar surface area (TPSA) is 0 Å². The molecule has 0 aromatic heterocycles. The fourth-order valence-corrected chi connectivity index (χ4v) is 5.70. The fourth-order valence-electron chi connectivity index (χ4n) is 4.90. The zero-order valence-electron chi connectivity index (χ0n) is 14.4. The molecule has 0 N–H and O–H groups in total. The molecule has 0 bridgehead atoms. The predicted molar refractivity (Wildman–Crippen MR) is 103 cm³/mol. The van der Waals surface area contributed by atoms with Gasteiger partial charge in [-0.15, -0.1) is 0 Å². The first-order valence-electron chi connectivity index (χ1n) is 8.88. The molecule has 0 fully saturated rings. The first kappa shape index (κ1) is 15.4. The quantitative estimate of drug-likeness (QED) is 0.541. The van der Waals surface area contributed by atoms with E-state index in [4.69, 9.17) is 0 Å². The predicted octanol–water partition coefficient (Wildman–Crippen LogP) is 6.74. The maximum atomic E-state index is 3.95. The van der Waals surface area contributed by atoms with Gasteiger partial charge in [-0.05, 0) is 82.6 Å². The molecule has 23 heavy (non-hydrogen) atoms. The van der Waals surface area contributed by atoms with Gasteiger partial charge in [-0.3, -0.25) is 0 Å². The van der Waals surface area contributed by atoms with Gasteiger partial charge in [0.25, 0.3) is 0 Å². The number of allylic oxidation sites excluding steroid dienone is 5. The standard InChI is InChI=1S/C22H25Br/c1-14-12-19-18(13-15-8-4-7-11-17(15)21(19)23)20(14)22(2,3)16-9-5-6-10-16/h5-6,9,12-13,20H,4,7-8,10-11H2,1-3H3. The molecular formula is C22H25Br. The molecule has 120 valence electrons. The summed E-state index contributed by atoms with van der Waals surface area (Å²) >= 11 is 3.95. The number of aryl methyl sites for hydroxylation is 1. The number of hydrogen-bond acceptors (Lipinski definition) is 0. The van der Waals surface area contributed by atoms with Crippen molar-refractivity contribution in [1.82, 2.24) is 0 Å². The van der Waals surface area contributed by atoms with Crippen molar-refractivity contribution in [2.75, 3.05) is 0 Å². The van der Waals surface area contributed by atoms with Crippen LogP contribution in [-0.4, -0.2) is 0 Å². The van der Waals surface area contributed by atoms with Crippen molar-refractivity contribution in [3.8, 4) is 0 Å². The van der Waals surface area contributed by atoms with Gasteiger partial charge in [0, 0.05) is 10.4 Å². The number of halogens is 1. The highest BCUT2D eigenvalue weighted by Gasteiger charge is 2.40. The van der Waals surface area contributed by atoms with Crippen LogP contribution in [0.25, 0.3) is 6.08 Å². The first-order valence-corrected chi connectivity index (χ1v) is 9.68. The van der Waals surface area contributed by atoms with Gasteiger partial charge >= 0.3 is 0 Å². The molecule has 0 saturated heterocycles. The minimum atomic E-state index is 0.178. The highest BCUT2D eigenvalue weighted by Crippen LogP contribution is 2.54. The number of hydrogen-bond donors (Lipinski definition) is 0. The maximum Gasteiger partial charge on any atom is 0.0285 e. The Morgan fingerprint density at radius 1 is 1.17 bits per heavy atom. The summed E-state index contributed by atoms with van der Waals surface area (Å²) in [6, 6.07) is 2.54. The SMILES string of the molecule is CC1=Cc2c(cc3c(c2Br)CCCC3)C1C(C)(C)C1=CC=CC1. The molecule has 0 spiro atoms. The Kier molecular flexibility index (Phi) is 3.68. The van der Waals surface area contributed by atoms with Crippen molar-refractivity contribution in [2.45, 2.75) is 58.8 Å². The second-order valence-electron chi connectivity index (χ2n) is 7.91. The normalized spacial score (nSPS) is 22.7. The molecule has 1 aromatic carbocycles. The number of fused-ring (bicyclic) bond motifs is 2. The van der Waals surface area contributed by atoms with Gasteiger partial charge in [-0.2, -0.15) is 0 Å². The highest BCUT2D eigenvalue weighted by atomic mass is 79.9. The second-order valence-corrected chi connectivity index (χ2v) is 8.70. The Labute approximate surface area is 148 Å². The van der Waals surface area contributed by atoms with Crippen LogP contribution in [0.3, 0.4) is 0 Å². The largest absolute Gasteiger partial charge is 0.0804 e. The van der Waals surface area contributed by atoms with Gasteiger partial charge in [0.05, 0.1) is 0 Å². The van der Waals surface area contributed by atoms with Crippen molar-refractivity contribution in [1.29, 1.82) is 0 Å². The van der Waals surface area contributed by atoms with Crippen molar-refractivity contribution in [3.05, 3.63) is 62.2 Å². The summed E-state index contributed by atoms with van der Waals surface area (Å²) < 4.78 is 1.38. The summed E-state index contributed by atoms with van der Waals surface area (Å²) in [6.45, 7) is 7.17. The lowest BCUT2D eigenvalue weighted by atomic mass is 9.68. The molecule has 0 nitrogen and oxygen atoms in total. The van der Waals surface area contributed by atoms with Crippen LogP contribution in [0.5, 0.6) is 0 Å². The van der Waals surface area contributed by atoms with Gasteiger partial charge in [0.1, 0.15) is 0 Å². The molecular weight excluding hydrogens is 344 g/mol. The van der Waals surface area contributed by atoms with Gasteiger partial charge in [0.15, 0.2) is 0 Å². The third kappa shape index (κ3) is 2.31. The molecule has 1 unspecified atom stereocenters. The molecule has 0 saturated carbocycles. The zero-order valence-corrected chi connectivity index (χ0v) is 16.0. The molecule has 1 atom stereocenters. The van der Waals surface area contributed by atoms with E-state index in [-0.39, 0.29) is 5.41 Å². The average molecular weight is 369 g/mol. The van der Waals surface area contributed by atoms with Crippen LogP contribution in [0.15, 0.2) is 39.9 Å². The Bertz CT molecular complexity index is 759.